The SMILES string of the molecule is CCc1nsc(N2CCN(C(=NC)NCCNC(=O)c3cccnc3)CC2)n1. The third-order valence-corrected chi connectivity index (χ3v) is 5.27. The van der Waals surface area contributed by atoms with Crippen LogP contribution in [-0.2, 0) is 6.42 Å². The molecule has 0 aliphatic carbocycles. The van der Waals surface area contributed by atoms with Gasteiger partial charge in [0, 0.05) is 76.7 Å². The van der Waals surface area contributed by atoms with Crippen LogP contribution in [0.3, 0.4) is 0 Å². The van der Waals surface area contributed by atoms with Gasteiger partial charge in [-0.2, -0.15) is 4.37 Å². The molecule has 10 heteroatoms. The quantitative estimate of drug-likeness (QED) is 0.415. The molecule has 0 aromatic carbocycles. The van der Waals surface area contributed by atoms with E-state index < -0.39 is 0 Å². The van der Waals surface area contributed by atoms with Gasteiger partial charge in [-0.15, -0.1) is 0 Å². The summed E-state index contributed by atoms with van der Waals surface area (Å²) in [5.41, 5.74) is 0.561. The van der Waals surface area contributed by atoms with Gasteiger partial charge in [-0.3, -0.25) is 14.8 Å². The first-order valence-electron chi connectivity index (χ1n) is 9.42. The molecule has 1 fully saturated rings. The number of aryl methyl sites for hydroxylation is 1. The maximum absolute atomic E-state index is 12.0. The summed E-state index contributed by atoms with van der Waals surface area (Å²) in [5, 5.41) is 7.19. The van der Waals surface area contributed by atoms with Crippen molar-refractivity contribution < 1.29 is 4.79 Å². The first-order chi connectivity index (χ1) is 13.7. The fraction of sp³-hybridized carbons (Fsp3) is 0.500. The average Bonchev–Trinajstić information content (AvgIpc) is 3.24. The maximum Gasteiger partial charge on any atom is 0.252 e. The summed E-state index contributed by atoms with van der Waals surface area (Å²) in [6.45, 7) is 6.68. The highest BCUT2D eigenvalue weighted by atomic mass is 32.1. The number of guanidine groups is 1. The number of piperazine rings is 1. The van der Waals surface area contributed by atoms with Crippen LogP contribution in [0, 0.1) is 0 Å². The third-order valence-electron chi connectivity index (χ3n) is 4.45. The van der Waals surface area contributed by atoms with Crippen LogP contribution >= 0.6 is 11.5 Å². The molecule has 9 nitrogen and oxygen atoms in total. The maximum atomic E-state index is 12.0. The number of hydrogen-bond acceptors (Lipinski definition) is 7. The molecular weight excluding hydrogens is 376 g/mol. The van der Waals surface area contributed by atoms with Crippen LogP contribution in [0.1, 0.15) is 23.1 Å². The molecule has 2 aromatic rings. The number of rotatable bonds is 6. The molecule has 0 spiro atoms. The number of amides is 1. The minimum absolute atomic E-state index is 0.123. The zero-order valence-corrected chi connectivity index (χ0v) is 17.1. The molecule has 28 heavy (non-hydrogen) atoms. The molecule has 0 atom stereocenters. The summed E-state index contributed by atoms with van der Waals surface area (Å²) in [5.74, 6) is 1.64. The number of carbonyl (C=O) groups excluding carboxylic acids is 1. The van der Waals surface area contributed by atoms with Gasteiger partial charge in [0.05, 0.1) is 5.56 Å². The van der Waals surface area contributed by atoms with E-state index >= 15 is 0 Å². The zero-order chi connectivity index (χ0) is 19.8. The van der Waals surface area contributed by atoms with Crippen molar-refractivity contribution in [1.82, 2.24) is 29.9 Å². The van der Waals surface area contributed by atoms with Crippen LogP contribution in [-0.4, -0.2) is 77.4 Å². The highest BCUT2D eigenvalue weighted by Gasteiger charge is 2.21. The highest BCUT2D eigenvalue weighted by Crippen LogP contribution is 2.19. The Morgan fingerprint density at radius 2 is 2.04 bits per heavy atom. The smallest absolute Gasteiger partial charge is 0.252 e. The Hall–Kier alpha value is -2.75. The van der Waals surface area contributed by atoms with Gasteiger partial charge in [0.25, 0.3) is 5.91 Å². The van der Waals surface area contributed by atoms with E-state index in [9.17, 15) is 4.79 Å². The number of anilines is 1. The van der Waals surface area contributed by atoms with Crippen molar-refractivity contribution in [2.24, 2.45) is 4.99 Å². The summed E-state index contributed by atoms with van der Waals surface area (Å²) in [4.78, 5) is 29.4. The number of carbonyl (C=O) groups is 1. The molecule has 1 aliphatic heterocycles. The molecule has 2 N–H and O–H groups in total. The van der Waals surface area contributed by atoms with Crippen molar-refractivity contribution in [3.05, 3.63) is 35.9 Å². The molecule has 3 rings (SSSR count). The van der Waals surface area contributed by atoms with Crippen LogP contribution in [0.5, 0.6) is 0 Å². The molecular formula is C18H26N8OS. The fourth-order valence-electron chi connectivity index (χ4n) is 2.91. The normalized spacial score (nSPS) is 14.9. The van der Waals surface area contributed by atoms with Gasteiger partial charge in [-0.1, -0.05) is 6.92 Å². The third kappa shape index (κ3) is 5.16. The van der Waals surface area contributed by atoms with Gasteiger partial charge in [-0.05, 0) is 12.1 Å². The summed E-state index contributed by atoms with van der Waals surface area (Å²) in [6.07, 6.45) is 4.07. The van der Waals surface area contributed by atoms with Crippen molar-refractivity contribution in [2.75, 3.05) is 51.2 Å². The molecule has 1 aliphatic rings. The summed E-state index contributed by atoms with van der Waals surface area (Å²) >= 11 is 1.47. The lowest BCUT2D eigenvalue weighted by molar-refractivity contribution is 0.0954. The fourth-order valence-corrected chi connectivity index (χ4v) is 3.71. The number of pyridine rings is 1. The number of aromatic nitrogens is 3. The Bertz CT molecular complexity index is 786. The Balaban J connectivity index is 1.40. The molecule has 1 saturated heterocycles. The van der Waals surface area contributed by atoms with Gasteiger partial charge in [0.15, 0.2) is 5.96 Å². The van der Waals surface area contributed by atoms with Gasteiger partial charge in [0.2, 0.25) is 5.13 Å². The van der Waals surface area contributed by atoms with E-state index in [0.29, 0.717) is 18.7 Å². The summed E-state index contributed by atoms with van der Waals surface area (Å²) < 4.78 is 4.37. The van der Waals surface area contributed by atoms with Crippen LogP contribution in [0.15, 0.2) is 29.5 Å². The first-order valence-corrected chi connectivity index (χ1v) is 10.2. The lowest BCUT2D eigenvalue weighted by atomic mass is 10.3. The Labute approximate surface area is 169 Å². The van der Waals surface area contributed by atoms with Gasteiger partial charge < -0.3 is 20.4 Å². The minimum Gasteiger partial charge on any atom is -0.354 e. The molecule has 150 valence electrons. The molecule has 2 aromatic heterocycles. The number of hydrogen-bond donors (Lipinski definition) is 2. The monoisotopic (exact) mass is 402 g/mol. The van der Waals surface area contributed by atoms with Crippen LogP contribution in [0.2, 0.25) is 0 Å². The predicted molar refractivity (Wildman–Crippen MR) is 111 cm³/mol. The van der Waals surface area contributed by atoms with Gasteiger partial charge in [0.1, 0.15) is 5.82 Å². The van der Waals surface area contributed by atoms with Crippen LogP contribution in [0.4, 0.5) is 5.13 Å². The number of nitrogens with zero attached hydrogens (tertiary/aromatic N) is 6. The van der Waals surface area contributed by atoms with E-state index in [-0.39, 0.29) is 5.91 Å². The molecule has 3 heterocycles. The Morgan fingerprint density at radius 3 is 2.68 bits per heavy atom. The zero-order valence-electron chi connectivity index (χ0n) is 16.3. The first kappa shape index (κ1) is 20.0. The van der Waals surface area contributed by atoms with E-state index in [1.54, 1.807) is 31.6 Å². The molecule has 0 unspecified atom stereocenters. The average molecular weight is 403 g/mol. The second kappa shape index (κ2) is 9.98. The molecule has 0 saturated carbocycles. The Morgan fingerprint density at radius 1 is 1.25 bits per heavy atom. The van der Waals surface area contributed by atoms with Crippen LogP contribution < -0.4 is 15.5 Å². The van der Waals surface area contributed by atoms with Crippen molar-refractivity contribution in [2.45, 2.75) is 13.3 Å². The van der Waals surface area contributed by atoms with Crippen molar-refractivity contribution in [3.8, 4) is 0 Å². The van der Waals surface area contributed by atoms with E-state index in [2.05, 4.69) is 46.7 Å². The second-order valence-corrected chi connectivity index (χ2v) is 7.02. The van der Waals surface area contributed by atoms with Crippen molar-refractivity contribution in [1.29, 1.82) is 0 Å². The van der Waals surface area contributed by atoms with E-state index in [4.69, 9.17) is 0 Å². The van der Waals surface area contributed by atoms with Gasteiger partial charge in [-0.25, -0.2) is 4.98 Å². The Kier molecular flexibility index (Phi) is 7.12. The van der Waals surface area contributed by atoms with Crippen molar-refractivity contribution in [3.63, 3.8) is 0 Å². The van der Waals surface area contributed by atoms with Crippen LogP contribution in [0.25, 0.3) is 0 Å². The lowest BCUT2D eigenvalue weighted by Crippen LogP contribution is -2.53. The number of nitrogens with one attached hydrogen (secondary N) is 2. The minimum atomic E-state index is -0.123. The van der Waals surface area contributed by atoms with E-state index in [0.717, 1.165) is 49.5 Å². The largest absolute Gasteiger partial charge is 0.354 e. The summed E-state index contributed by atoms with van der Waals surface area (Å²) in [6, 6.07) is 3.50. The highest BCUT2D eigenvalue weighted by molar-refractivity contribution is 7.09. The predicted octanol–water partition coefficient (Wildman–Crippen LogP) is 0.623. The molecule has 1 amide bonds. The molecule has 0 radical (unpaired) electrons. The van der Waals surface area contributed by atoms with Gasteiger partial charge >= 0.3 is 0 Å². The molecule has 0 bridgehead atoms. The van der Waals surface area contributed by atoms with Crippen molar-refractivity contribution >= 4 is 28.5 Å². The summed E-state index contributed by atoms with van der Waals surface area (Å²) in [7, 11) is 1.78. The van der Waals surface area contributed by atoms with E-state index in [1.807, 2.05) is 0 Å². The standard InChI is InChI=1S/C18H26N8OS/c1-3-15-23-18(28-24-15)26-11-9-25(10-12-26)17(19-2)22-8-7-21-16(27)14-5-4-6-20-13-14/h4-6,13H,3,7-12H2,1-2H3,(H,19,22)(H,21,27). The lowest BCUT2D eigenvalue weighted by Gasteiger charge is -2.36. The number of aliphatic imine (C=N–C) groups is 1. The second-order valence-electron chi connectivity index (χ2n) is 6.29. The topological polar surface area (TPSA) is 98.6 Å². The van der Waals surface area contributed by atoms with E-state index in [1.165, 1.54) is 11.5 Å².